The van der Waals surface area contributed by atoms with Crippen LogP contribution >= 0.6 is 0 Å². The first kappa shape index (κ1) is 27.0. The van der Waals surface area contributed by atoms with Crippen LogP contribution in [0.3, 0.4) is 0 Å². The van der Waals surface area contributed by atoms with Crippen molar-refractivity contribution in [3.05, 3.63) is 53.7 Å². The van der Waals surface area contributed by atoms with E-state index in [0.717, 1.165) is 35.7 Å². The van der Waals surface area contributed by atoms with Gasteiger partial charge < -0.3 is 14.9 Å². The number of allylic oxidation sites excluding steroid dienone is 1. The van der Waals surface area contributed by atoms with Gasteiger partial charge in [-0.2, -0.15) is 0 Å². The van der Waals surface area contributed by atoms with Gasteiger partial charge in [-0.05, 0) is 49.8 Å². The molecule has 0 fully saturated rings. The molecule has 2 N–H and O–H groups in total. The summed E-state index contributed by atoms with van der Waals surface area (Å²) in [5.74, 6) is -1.51. The number of pyridine rings is 1. The lowest BCUT2D eigenvalue weighted by molar-refractivity contribution is -0.155. The zero-order valence-corrected chi connectivity index (χ0v) is 21.5. The molecule has 1 aliphatic heterocycles. The van der Waals surface area contributed by atoms with E-state index in [4.69, 9.17) is 4.74 Å². The van der Waals surface area contributed by atoms with Crippen molar-refractivity contribution in [1.29, 1.82) is 0 Å². The monoisotopic (exact) mass is 481 g/mol. The van der Waals surface area contributed by atoms with Gasteiger partial charge in [0.1, 0.15) is 11.9 Å². The predicted octanol–water partition coefficient (Wildman–Crippen LogP) is 5.32. The summed E-state index contributed by atoms with van der Waals surface area (Å²) in [5, 5.41) is 22.7. The Hall–Kier alpha value is -2.57. The number of benzene rings is 1. The lowest BCUT2D eigenvalue weighted by atomic mass is 9.73. The highest BCUT2D eigenvalue weighted by Crippen LogP contribution is 2.33. The zero-order chi connectivity index (χ0) is 25.8. The normalized spacial score (nSPS) is 29.5. The van der Waals surface area contributed by atoms with Gasteiger partial charge in [0.2, 0.25) is 0 Å². The Balaban J connectivity index is 1.91. The first-order valence-corrected chi connectivity index (χ1v) is 12.6. The number of aliphatic hydroxyl groups excluding tert-OH is 2. The number of fused-ring (bicyclic) bond motifs is 1. The maximum Gasteiger partial charge on any atom is 0.309 e. The van der Waals surface area contributed by atoms with E-state index in [1.165, 1.54) is 5.57 Å². The third-order valence-electron chi connectivity index (χ3n) is 7.52. The number of aliphatic hydroxyl groups is 2. The average molecular weight is 482 g/mol. The van der Waals surface area contributed by atoms with Crippen LogP contribution in [0.15, 0.2) is 48.2 Å². The Morgan fingerprint density at radius 2 is 1.86 bits per heavy atom. The lowest BCUT2D eigenvalue weighted by Crippen LogP contribution is -2.45. The minimum atomic E-state index is -1.23. The second-order valence-electron chi connectivity index (χ2n) is 10.7. The van der Waals surface area contributed by atoms with Crippen molar-refractivity contribution in [2.24, 2.45) is 17.3 Å². The molecular weight excluding hydrogens is 442 g/mol. The Morgan fingerprint density at radius 3 is 2.60 bits per heavy atom. The SMILES string of the molecule is CC1=CCC(c2ccc3cccnc3c2)OC(=O)C[C@H](O)C(C)(C)C(=O)[C@H](C)C(O)[C@@H](C)CCC1. The molecule has 0 saturated carbocycles. The van der Waals surface area contributed by atoms with E-state index < -0.39 is 35.6 Å². The largest absolute Gasteiger partial charge is 0.457 e. The van der Waals surface area contributed by atoms with Gasteiger partial charge in [-0.25, -0.2) is 0 Å². The van der Waals surface area contributed by atoms with Crippen LogP contribution in [-0.4, -0.2) is 39.2 Å². The number of esters is 1. The van der Waals surface area contributed by atoms with Crippen LogP contribution in [0.5, 0.6) is 0 Å². The molecular formula is C29H39NO5. The van der Waals surface area contributed by atoms with Crippen molar-refractivity contribution in [3.63, 3.8) is 0 Å². The van der Waals surface area contributed by atoms with Crippen LogP contribution in [0, 0.1) is 17.3 Å². The molecule has 0 radical (unpaired) electrons. The highest BCUT2D eigenvalue weighted by Gasteiger charge is 2.42. The number of ether oxygens (including phenoxy) is 1. The smallest absolute Gasteiger partial charge is 0.309 e. The van der Waals surface area contributed by atoms with E-state index >= 15 is 0 Å². The van der Waals surface area contributed by atoms with Crippen molar-refractivity contribution in [2.75, 3.05) is 0 Å². The van der Waals surface area contributed by atoms with Crippen LogP contribution in [0.2, 0.25) is 0 Å². The molecule has 1 aliphatic rings. The molecule has 2 aromatic rings. The van der Waals surface area contributed by atoms with E-state index in [1.54, 1.807) is 27.0 Å². The lowest BCUT2D eigenvalue weighted by Gasteiger charge is -2.34. The Kier molecular flexibility index (Phi) is 8.84. The highest BCUT2D eigenvalue weighted by atomic mass is 16.5. The summed E-state index contributed by atoms with van der Waals surface area (Å²) in [6.07, 6.45) is 4.02. The number of carbonyl (C=O) groups is 2. The van der Waals surface area contributed by atoms with Crippen molar-refractivity contribution in [1.82, 2.24) is 4.98 Å². The molecule has 2 heterocycles. The molecule has 3 rings (SSSR count). The van der Waals surface area contributed by atoms with Crippen LogP contribution in [0.4, 0.5) is 0 Å². The first-order valence-electron chi connectivity index (χ1n) is 12.6. The van der Waals surface area contributed by atoms with Crippen LogP contribution in [-0.2, 0) is 14.3 Å². The Labute approximate surface area is 208 Å². The minimum Gasteiger partial charge on any atom is -0.457 e. The summed E-state index contributed by atoms with van der Waals surface area (Å²) in [7, 11) is 0. The maximum atomic E-state index is 13.2. The van der Waals surface area contributed by atoms with Crippen LogP contribution in [0.25, 0.3) is 10.9 Å². The molecule has 5 atom stereocenters. The molecule has 0 aliphatic carbocycles. The maximum absolute atomic E-state index is 13.2. The molecule has 1 aromatic heterocycles. The summed E-state index contributed by atoms with van der Waals surface area (Å²) in [6.45, 7) is 8.98. The minimum absolute atomic E-state index is 0.0505. The number of rotatable bonds is 1. The molecule has 2 unspecified atom stereocenters. The Morgan fingerprint density at radius 1 is 1.11 bits per heavy atom. The fourth-order valence-corrected chi connectivity index (χ4v) is 4.84. The predicted molar refractivity (Wildman–Crippen MR) is 137 cm³/mol. The molecule has 190 valence electrons. The van der Waals surface area contributed by atoms with Gasteiger partial charge in [0.15, 0.2) is 0 Å². The van der Waals surface area contributed by atoms with Crippen LogP contribution in [0.1, 0.15) is 78.4 Å². The van der Waals surface area contributed by atoms with Crippen molar-refractivity contribution in [3.8, 4) is 0 Å². The highest BCUT2D eigenvalue weighted by molar-refractivity contribution is 5.88. The van der Waals surface area contributed by atoms with Crippen molar-refractivity contribution in [2.45, 2.75) is 85.0 Å². The molecule has 6 heteroatoms. The van der Waals surface area contributed by atoms with Gasteiger partial charge in [0, 0.05) is 23.9 Å². The molecule has 0 saturated heterocycles. The molecule has 6 nitrogen and oxygen atoms in total. The Bertz CT molecular complexity index is 1080. The number of hydrogen-bond donors (Lipinski definition) is 2. The standard InChI is InChI=1S/C29H39NO5/c1-18-8-6-9-19(2)27(33)20(3)28(34)29(4,5)25(31)17-26(32)35-24(14-11-18)22-13-12-21-10-7-15-30-23(21)16-22/h7,10-13,15-16,19-20,24-25,27,31,33H,6,8-9,14,17H2,1-5H3/t19-,20+,24?,25-,27?/m0/s1. The second kappa shape index (κ2) is 11.4. The van der Waals surface area contributed by atoms with Crippen LogP contribution < -0.4 is 0 Å². The van der Waals surface area contributed by atoms with Crippen molar-refractivity contribution < 1.29 is 24.5 Å². The molecule has 1 aromatic carbocycles. The average Bonchev–Trinajstić information content (AvgIpc) is 2.84. The molecule has 0 bridgehead atoms. The quantitative estimate of drug-likeness (QED) is 0.423. The number of ketones is 1. The molecule has 0 amide bonds. The number of carbonyl (C=O) groups excluding carboxylic acids is 2. The number of aromatic nitrogens is 1. The van der Waals surface area contributed by atoms with Gasteiger partial charge in [0.25, 0.3) is 0 Å². The summed E-state index contributed by atoms with van der Waals surface area (Å²) in [5.41, 5.74) is 1.64. The summed E-state index contributed by atoms with van der Waals surface area (Å²) in [4.78, 5) is 30.6. The topological polar surface area (TPSA) is 96.7 Å². The summed E-state index contributed by atoms with van der Waals surface area (Å²) in [6, 6.07) is 9.70. The number of nitrogens with zero attached hydrogens (tertiary/aromatic N) is 1. The van der Waals surface area contributed by atoms with Gasteiger partial charge in [-0.1, -0.05) is 57.5 Å². The number of cyclic esters (lactones) is 1. The van der Waals surface area contributed by atoms with Gasteiger partial charge in [-0.15, -0.1) is 0 Å². The third-order valence-corrected chi connectivity index (χ3v) is 7.52. The fraction of sp³-hybridized carbons (Fsp3) is 0.552. The number of Topliss-reactive ketones (excluding diaryl/α,β-unsaturated/α-hetero) is 1. The van der Waals surface area contributed by atoms with Crippen molar-refractivity contribution >= 4 is 22.7 Å². The zero-order valence-electron chi connectivity index (χ0n) is 21.5. The molecule has 35 heavy (non-hydrogen) atoms. The third kappa shape index (κ3) is 6.56. The van der Waals surface area contributed by atoms with Gasteiger partial charge in [0.05, 0.1) is 29.6 Å². The molecule has 0 spiro atoms. The first-order chi connectivity index (χ1) is 16.5. The van der Waals surface area contributed by atoms with E-state index in [1.807, 2.05) is 37.3 Å². The van der Waals surface area contributed by atoms with Gasteiger partial charge in [-0.3, -0.25) is 14.6 Å². The number of hydrogen-bond acceptors (Lipinski definition) is 6. The van der Waals surface area contributed by atoms with E-state index in [-0.39, 0.29) is 18.1 Å². The summed E-state index contributed by atoms with van der Waals surface area (Å²) < 4.78 is 5.87. The fourth-order valence-electron chi connectivity index (χ4n) is 4.84. The van der Waals surface area contributed by atoms with Gasteiger partial charge >= 0.3 is 5.97 Å². The summed E-state index contributed by atoms with van der Waals surface area (Å²) >= 11 is 0. The second-order valence-corrected chi connectivity index (χ2v) is 10.7. The van der Waals surface area contributed by atoms with E-state index in [0.29, 0.717) is 6.42 Å². The van der Waals surface area contributed by atoms with E-state index in [2.05, 4.69) is 18.0 Å². The van der Waals surface area contributed by atoms with E-state index in [9.17, 15) is 19.8 Å².